The highest BCUT2D eigenvalue weighted by atomic mass is 32.2. The lowest BCUT2D eigenvalue weighted by Gasteiger charge is -2.06. The van der Waals surface area contributed by atoms with Crippen LogP contribution >= 0.6 is 0 Å². The molecule has 0 fully saturated rings. The van der Waals surface area contributed by atoms with Gasteiger partial charge in [0, 0.05) is 12.6 Å². The number of sulfonamides is 1. The Bertz CT molecular complexity index is 667. The average Bonchev–Trinajstić information content (AvgIpc) is 2.41. The Hall–Kier alpha value is -1.96. The number of nitrogens with zero attached hydrogens (tertiary/aromatic N) is 1. The van der Waals surface area contributed by atoms with Crippen LogP contribution in [0, 0.1) is 0 Å². The lowest BCUT2D eigenvalue weighted by atomic mass is 10.2. The summed E-state index contributed by atoms with van der Waals surface area (Å²) in [6.07, 6.45) is 1.17. The van der Waals surface area contributed by atoms with Gasteiger partial charge in [-0.15, -0.1) is 0 Å². The smallest absolute Gasteiger partial charge is 0.239 e. The molecule has 1 aromatic carbocycles. The van der Waals surface area contributed by atoms with E-state index in [2.05, 4.69) is 10.3 Å². The molecule has 0 aliphatic carbocycles. The predicted molar refractivity (Wildman–Crippen MR) is 74.9 cm³/mol. The van der Waals surface area contributed by atoms with Crippen LogP contribution in [0.2, 0.25) is 0 Å². The second-order valence-corrected chi connectivity index (χ2v) is 5.71. The molecule has 0 saturated heterocycles. The van der Waals surface area contributed by atoms with Crippen molar-refractivity contribution in [2.24, 2.45) is 5.14 Å². The van der Waals surface area contributed by atoms with Crippen LogP contribution in [0.5, 0.6) is 11.6 Å². The van der Waals surface area contributed by atoms with Crippen molar-refractivity contribution in [1.29, 1.82) is 0 Å². The van der Waals surface area contributed by atoms with Gasteiger partial charge in [-0.25, -0.2) is 18.5 Å². The summed E-state index contributed by atoms with van der Waals surface area (Å²) in [7, 11) is -1.85. The van der Waals surface area contributed by atoms with E-state index in [1.165, 1.54) is 18.3 Å². The maximum atomic E-state index is 11.1. The van der Waals surface area contributed by atoms with Crippen LogP contribution in [0.1, 0.15) is 5.56 Å². The Kier molecular flexibility index (Phi) is 4.33. The van der Waals surface area contributed by atoms with E-state index in [1.54, 1.807) is 0 Å². The van der Waals surface area contributed by atoms with Gasteiger partial charge in [0.05, 0.1) is 6.20 Å². The third-order valence-electron chi connectivity index (χ3n) is 2.56. The highest BCUT2D eigenvalue weighted by Crippen LogP contribution is 2.20. The first-order chi connectivity index (χ1) is 9.49. The van der Waals surface area contributed by atoms with Gasteiger partial charge in [0.1, 0.15) is 10.6 Å². The van der Waals surface area contributed by atoms with Gasteiger partial charge in [0.25, 0.3) is 0 Å². The normalized spacial score (nSPS) is 11.3. The summed E-state index contributed by atoms with van der Waals surface area (Å²) in [6.45, 7) is 0.779. The molecule has 0 saturated carbocycles. The minimum atomic E-state index is -3.73. The number of hydrogen-bond acceptors (Lipinski definition) is 5. The summed E-state index contributed by atoms with van der Waals surface area (Å²) in [6, 6.07) is 10.3. The summed E-state index contributed by atoms with van der Waals surface area (Å²) < 4.78 is 27.7. The lowest BCUT2D eigenvalue weighted by molar-refractivity contribution is 0.461. The molecule has 7 heteroatoms. The number of primary sulfonamides is 1. The van der Waals surface area contributed by atoms with Crippen molar-refractivity contribution in [2.45, 2.75) is 11.4 Å². The Morgan fingerprint density at radius 3 is 2.40 bits per heavy atom. The van der Waals surface area contributed by atoms with Crippen molar-refractivity contribution in [3.05, 3.63) is 48.2 Å². The molecule has 0 aliphatic heterocycles. The monoisotopic (exact) mass is 293 g/mol. The Morgan fingerprint density at radius 2 is 1.90 bits per heavy atom. The molecule has 3 N–H and O–H groups in total. The minimum Gasteiger partial charge on any atom is -0.439 e. The Morgan fingerprint density at radius 1 is 1.20 bits per heavy atom. The molecule has 0 spiro atoms. The summed E-state index contributed by atoms with van der Waals surface area (Å²) in [5.74, 6) is 0.930. The van der Waals surface area contributed by atoms with Gasteiger partial charge >= 0.3 is 0 Å². The minimum absolute atomic E-state index is 0.0470. The molecule has 2 rings (SSSR count). The zero-order valence-electron chi connectivity index (χ0n) is 10.9. The van der Waals surface area contributed by atoms with Gasteiger partial charge in [-0.1, -0.05) is 12.1 Å². The van der Waals surface area contributed by atoms with Crippen LogP contribution in [0.25, 0.3) is 0 Å². The van der Waals surface area contributed by atoms with Crippen molar-refractivity contribution in [2.75, 3.05) is 7.05 Å². The van der Waals surface area contributed by atoms with Crippen molar-refractivity contribution < 1.29 is 13.2 Å². The number of nitrogens with one attached hydrogen (secondary N) is 1. The molecule has 1 aromatic heterocycles. The molecule has 20 heavy (non-hydrogen) atoms. The first-order valence-electron chi connectivity index (χ1n) is 5.89. The van der Waals surface area contributed by atoms with Crippen molar-refractivity contribution in [1.82, 2.24) is 10.3 Å². The van der Waals surface area contributed by atoms with Gasteiger partial charge in [-0.2, -0.15) is 0 Å². The van der Waals surface area contributed by atoms with E-state index in [4.69, 9.17) is 9.88 Å². The fourth-order valence-corrected chi connectivity index (χ4v) is 2.05. The van der Waals surface area contributed by atoms with Gasteiger partial charge in [0.15, 0.2) is 0 Å². The van der Waals surface area contributed by atoms with Crippen molar-refractivity contribution >= 4 is 10.0 Å². The standard InChI is InChI=1S/C13H15N3O3S/c1-15-8-10-2-4-11(5-3-10)19-13-7-6-12(9-16-13)20(14,17)18/h2-7,9,15H,8H2,1H3,(H2,14,17,18). The molecule has 6 nitrogen and oxygen atoms in total. The van der Waals surface area contributed by atoms with Gasteiger partial charge in [-0.3, -0.25) is 0 Å². The molecule has 0 bridgehead atoms. The molecule has 0 radical (unpaired) electrons. The number of hydrogen-bond donors (Lipinski definition) is 2. The number of aromatic nitrogens is 1. The SMILES string of the molecule is CNCc1ccc(Oc2ccc(S(N)(=O)=O)cn2)cc1. The molecule has 106 valence electrons. The molecule has 0 atom stereocenters. The van der Waals surface area contributed by atoms with E-state index in [0.29, 0.717) is 11.6 Å². The Labute approximate surface area is 117 Å². The summed E-state index contributed by atoms with van der Waals surface area (Å²) in [5, 5.41) is 8.04. The summed E-state index contributed by atoms with van der Waals surface area (Å²) in [5.41, 5.74) is 1.14. The lowest BCUT2D eigenvalue weighted by Crippen LogP contribution is -2.12. The van der Waals surface area contributed by atoms with E-state index in [1.807, 2.05) is 31.3 Å². The van der Waals surface area contributed by atoms with Crippen LogP contribution in [-0.4, -0.2) is 20.4 Å². The molecule has 0 aliphatic rings. The first-order valence-corrected chi connectivity index (χ1v) is 7.44. The maximum Gasteiger partial charge on any atom is 0.239 e. The van der Waals surface area contributed by atoms with Crippen molar-refractivity contribution in [3.8, 4) is 11.6 Å². The second-order valence-electron chi connectivity index (χ2n) is 4.15. The molecule has 1 heterocycles. The van der Waals surface area contributed by atoms with Gasteiger partial charge < -0.3 is 10.1 Å². The number of pyridine rings is 1. The quantitative estimate of drug-likeness (QED) is 0.865. The second kappa shape index (κ2) is 6.00. The summed E-state index contributed by atoms with van der Waals surface area (Å²) in [4.78, 5) is 3.86. The zero-order chi connectivity index (χ0) is 14.6. The number of ether oxygens (including phenoxy) is 1. The molecule has 0 amide bonds. The number of rotatable bonds is 5. The number of benzene rings is 1. The van der Waals surface area contributed by atoms with Gasteiger partial charge in [-0.05, 0) is 30.8 Å². The van der Waals surface area contributed by atoms with E-state index in [9.17, 15) is 8.42 Å². The highest BCUT2D eigenvalue weighted by molar-refractivity contribution is 7.89. The van der Waals surface area contributed by atoms with Crippen LogP contribution in [0.15, 0.2) is 47.5 Å². The van der Waals surface area contributed by atoms with Crippen LogP contribution < -0.4 is 15.2 Å². The van der Waals surface area contributed by atoms with Crippen LogP contribution in [0.4, 0.5) is 0 Å². The number of nitrogens with two attached hydrogens (primary N) is 1. The van der Waals surface area contributed by atoms with E-state index in [-0.39, 0.29) is 4.90 Å². The van der Waals surface area contributed by atoms with Crippen LogP contribution in [-0.2, 0) is 16.6 Å². The first kappa shape index (κ1) is 14.4. The summed E-state index contributed by atoms with van der Waals surface area (Å²) >= 11 is 0. The molecular formula is C13H15N3O3S. The van der Waals surface area contributed by atoms with E-state index >= 15 is 0 Å². The third kappa shape index (κ3) is 3.77. The molecule has 0 unspecified atom stereocenters. The van der Waals surface area contributed by atoms with Crippen molar-refractivity contribution in [3.63, 3.8) is 0 Å². The van der Waals surface area contributed by atoms with E-state index < -0.39 is 10.0 Å². The largest absolute Gasteiger partial charge is 0.439 e. The van der Waals surface area contributed by atoms with Crippen LogP contribution in [0.3, 0.4) is 0 Å². The Balaban J connectivity index is 2.10. The molecular weight excluding hydrogens is 278 g/mol. The third-order valence-corrected chi connectivity index (χ3v) is 3.46. The molecule has 2 aromatic rings. The highest BCUT2D eigenvalue weighted by Gasteiger charge is 2.08. The fraction of sp³-hybridized carbons (Fsp3) is 0.154. The predicted octanol–water partition coefficient (Wildman–Crippen LogP) is 1.24. The zero-order valence-corrected chi connectivity index (χ0v) is 11.7. The topological polar surface area (TPSA) is 94.3 Å². The average molecular weight is 293 g/mol. The van der Waals surface area contributed by atoms with E-state index in [0.717, 1.165) is 12.1 Å². The van der Waals surface area contributed by atoms with Gasteiger partial charge in [0.2, 0.25) is 15.9 Å². The maximum absolute atomic E-state index is 11.1. The fourth-order valence-electron chi connectivity index (χ4n) is 1.60.